The fraction of sp³-hybridized carbons (Fsp3) is 0.885. The van der Waals surface area contributed by atoms with Crippen molar-refractivity contribution < 1.29 is 28.6 Å². The van der Waals surface area contributed by atoms with E-state index in [9.17, 15) is 14.4 Å². The zero-order valence-corrected chi connectivity index (χ0v) is 45.2. The predicted octanol–water partition coefficient (Wildman–Crippen LogP) is 19.9. The number of rotatable bonds is 55. The van der Waals surface area contributed by atoms with E-state index in [1.807, 2.05) is 0 Å². The molecule has 394 valence electrons. The number of carbonyl (C=O) groups is 3. The first-order valence-electron chi connectivity index (χ1n) is 29.8. The molecule has 0 spiro atoms. The van der Waals surface area contributed by atoms with Crippen LogP contribution in [-0.2, 0) is 28.6 Å². The van der Waals surface area contributed by atoms with Gasteiger partial charge in [0.15, 0.2) is 6.10 Å². The molecule has 67 heavy (non-hydrogen) atoms. The average Bonchev–Trinajstić information content (AvgIpc) is 3.33. The van der Waals surface area contributed by atoms with E-state index in [1.54, 1.807) is 0 Å². The summed E-state index contributed by atoms with van der Waals surface area (Å²) < 4.78 is 16.8. The van der Waals surface area contributed by atoms with E-state index < -0.39 is 6.10 Å². The molecular formula is C61H114O6. The Hall–Kier alpha value is -2.11. The molecule has 0 aliphatic carbocycles. The van der Waals surface area contributed by atoms with Gasteiger partial charge in [0.1, 0.15) is 13.2 Å². The van der Waals surface area contributed by atoms with Gasteiger partial charge in [-0.05, 0) is 51.4 Å². The molecule has 0 radical (unpaired) electrons. The molecule has 0 aromatic carbocycles. The Morgan fingerprint density at radius 3 is 0.851 bits per heavy atom. The van der Waals surface area contributed by atoms with Crippen molar-refractivity contribution in [3.63, 3.8) is 0 Å². The molecule has 0 aliphatic heterocycles. The van der Waals surface area contributed by atoms with Crippen molar-refractivity contribution >= 4 is 17.9 Å². The van der Waals surface area contributed by atoms with Crippen LogP contribution in [0.25, 0.3) is 0 Å². The van der Waals surface area contributed by atoms with Gasteiger partial charge >= 0.3 is 17.9 Å². The Morgan fingerprint density at radius 1 is 0.299 bits per heavy atom. The van der Waals surface area contributed by atoms with Crippen molar-refractivity contribution in [2.75, 3.05) is 13.2 Å². The molecule has 1 unspecified atom stereocenters. The van der Waals surface area contributed by atoms with Crippen LogP contribution in [0.2, 0.25) is 0 Å². The fourth-order valence-electron chi connectivity index (χ4n) is 8.95. The maximum atomic E-state index is 12.8. The zero-order chi connectivity index (χ0) is 48.6. The summed E-state index contributed by atoms with van der Waals surface area (Å²) >= 11 is 0. The highest BCUT2D eigenvalue weighted by molar-refractivity contribution is 5.71. The molecule has 6 nitrogen and oxygen atoms in total. The van der Waals surface area contributed by atoms with Gasteiger partial charge < -0.3 is 14.2 Å². The molecule has 0 amide bonds. The Bertz CT molecular complexity index is 1080. The average molecular weight is 944 g/mol. The lowest BCUT2D eigenvalue weighted by Gasteiger charge is -2.18. The van der Waals surface area contributed by atoms with Gasteiger partial charge in [0.2, 0.25) is 0 Å². The summed E-state index contributed by atoms with van der Waals surface area (Å²) in [6.07, 6.45) is 66.2. The third-order valence-corrected chi connectivity index (χ3v) is 13.5. The zero-order valence-electron chi connectivity index (χ0n) is 45.2. The maximum absolute atomic E-state index is 12.8. The van der Waals surface area contributed by atoms with Crippen LogP contribution in [0.3, 0.4) is 0 Å². The molecule has 0 aromatic rings. The first kappa shape index (κ1) is 64.9. The number of unbranched alkanes of at least 4 members (excludes halogenated alkanes) is 40. The molecule has 6 heteroatoms. The number of ether oxygens (including phenoxy) is 3. The Morgan fingerprint density at radius 2 is 0.537 bits per heavy atom. The molecular weight excluding hydrogens is 829 g/mol. The minimum absolute atomic E-state index is 0.0717. The molecule has 0 aliphatic rings. The molecule has 0 saturated heterocycles. The quantitative estimate of drug-likeness (QED) is 0.0262. The summed E-state index contributed by atoms with van der Waals surface area (Å²) in [4.78, 5) is 38.1. The third kappa shape index (κ3) is 54.7. The van der Waals surface area contributed by atoms with Crippen LogP contribution < -0.4 is 0 Å². The number of allylic oxidation sites excluding steroid dienone is 4. The standard InChI is InChI=1S/C61H114O6/c1-4-7-10-13-16-19-22-24-26-27-28-29-30-31-32-33-34-36-37-39-42-45-48-51-54-60(63)66-57-58(56-65-59(62)53-50-47-44-41-21-18-15-12-9-6-3)67-61(64)55-52-49-46-43-40-38-35-25-23-20-17-14-11-8-5-2/h17,20,25,35,58H,4-16,18-19,21-24,26-34,36-57H2,1-3H3/b20-17-,35-25-. The van der Waals surface area contributed by atoms with E-state index in [-0.39, 0.29) is 31.1 Å². The van der Waals surface area contributed by atoms with Gasteiger partial charge in [-0.25, -0.2) is 0 Å². The Kier molecular flexibility index (Phi) is 54.7. The molecule has 0 rings (SSSR count). The predicted molar refractivity (Wildman–Crippen MR) is 289 cm³/mol. The summed E-state index contributed by atoms with van der Waals surface area (Å²) in [5.74, 6) is -0.867. The molecule has 0 fully saturated rings. The maximum Gasteiger partial charge on any atom is 0.306 e. The highest BCUT2D eigenvalue weighted by Gasteiger charge is 2.19. The van der Waals surface area contributed by atoms with E-state index in [0.717, 1.165) is 77.0 Å². The first-order valence-corrected chi connectivity index (χ1v) is 29.8. The van der Waals surface area contributed by atoms with E-state index in [1.165, 1.54) is 212 Å². The minimum atomic E-state index is -0.773. The van der Waals surface area contributed by atoms with Crippen LogP contribution in [0.4, 0.5) is 0 Å². The number of esters is 3. The van der Waals surface area contributed by atoms with Crippen LogP contribution >= 0.6 is 0 Å². The lowest BCUT2D eigenvalue weighted by atomic mass is 10.0. The second kappa shape index (κ2) is 56.5. The second-order valence-electron chi connectivity index (χ2n) is 20.3. The molecule has 0 N–H and O–H groups in total. The van der Waals surface area contributed by atoms with E-state index in [0.29, 0.717) is 19.3 Å². The van der Waals surface area contributed by atoms with Crippen LogP contribution in [0.5, 0.6) is 0 Å². The summed E-state index contributed by atoms with van der Waals surface area (Å²) in [5, 5.41) is 0. The van der Waals surface area contributed by atoms with Crippen molar-refractivity contribution in [3.8, 4) is 0 Å². The van der Waals surface area contributed by atoms with Crippen LogP contribution in [0.15, 0.2) is 24.3 Å². The molecule has 0 saturated carbocycles. The lowest BCUT2D eigenvalue weighted by molar-refractivity contribution is -0.167. The van der Waals surface area contributed by atoms with Crippen molar-refractivity contribution in [1.29, 1.82) is 0 Å². The topological polar surface area (TPSA) is 78.9 Å². The van der Waals surface area contributed by atoms with Gasteiger partial charge in [0.05, 0.1) is 0 Å². The van der Waals surface area contributed by atoms with Gasteiger partial charge in [-0.2, -0.15) is 0 Å². The van der Waals surface area contributed by atoms with Gasteiger partial charge in [-0.15, -0.1) is 0 Å². The fourth-order valence-corrected chi connectivity index (χ4v) is 8.95. The molecule has 1 atom stereocenters. The van der Waals surface area contributed by atoms with Gasteiger partial charge in [-0.1, -0.05) is 283 Å². The summed E-state index contributed by atoms with van der Waals surface area (Å²) in [7, 11) is 0. The molecule has 0 heterocycles. The molecule has 0 aromatic heterocycles. The Balaban J connectivity index is 4.18. The highest BCUT2D eigenvalue weighted by atomic mass is 16.6. The normalized spacial score (nSPS) is 12.1. The highest BCUT2D eigenvalue weighted by Crippen LogP contribution is 2.17. The second-order valence-corrected chi connectivity index (χ2v) is 20.3. The van der Waals surface area contributed by atoms with Crippen LogP contribution in [0.1, 0.15) is 329 Å². The lowest BCUT2D eigenvalue weighted by Crippen LogP contribution is -2.30. The largest absolute Gasteiger partial charge is 0.462 e. The monoisotopic (exact) mass is 943 g/mol. The number of hydrogen-bond donors (Lipinski definition) is 0. The summed E-state index contributed by atoms with van der Waals surface area (Å²) in [5.41, 5.74) is 0. The minimum Gasteiger partial charge on any atom is -0.462 e. The van der Waals surface area contributed by atoms with Gasteiger partial charge in [-0.3, -0.25) is 14.4 Å². The van der Waals surface area contributed by atoms with Crippen LogP contribution in [-0.4, -0.2) is 37.2 Å². The SMILES string of the molecule is CCCCC/C=C\C/C=C\CCCCCCCC(=O)OC(COC(=O)CCCCCCCCCCCC)COC(=O)CCCCCCCCCCCCCCCCCCCCCCCCCC. The molecule has 0 bridgehead atoms. The van der Waals surface area contributed by atoms with Crippen molar-refractivity contribution in [3.05, 3.63) is 24.3 Å². The van der Waals surface area contributed by atoms with Gasteiger partial charge in [0.25, 0.3) is 0 Å². The van der Waals surface area contributed by atoms with Crippen molar-refractivity contribution in [1.82, 2.24) is 0 Å². The van der Waals surface area contributed by atoms with E-state index in [2.05, 4.69) is 45.1 Å². The van der Waals surface area contributed by atoms with Crippen molar-refractivity contribution in [2.24, 2.45) is 0 Å². The van der Waals surface area contributed by atoms with E-state index in [4.69, 9.17) is 14.2 Å². The smallest absolute Gasteiger partial charge is 0.306 e. The van der Waals surface area contributed by atoms with Gasteiger partial charge in [0, 0.05) is 19.3 Å². The first-order chi connectivity index (χ1) is 33.0. The van der Waals surface area contributed by atoms with Crippen molar-refractivity contribution in [2.45, 2.75) is 335 Å². The Labute approximate surface area is 417 Å². The van der Waals surface area contributed by atoms with E-state index >= 15 is 0 Å². The number of carbonyl (C=O) groups excluding carboxylic acids is 3. The number of hydrogen-bond acceptors (Lipinski definition) is 6. The summed E-state index contributed by atoms with van der Waals surface area (Å²) in [6, 6.07) is 0. The summed E-state index contributed by atoms with van der Waals surface area (Å²) in [6.45, 7) is 6.64. The third-order valence-electron chi connectivity index (χ3n) is 13.5. The van der Waals surface area contributed by atoms with Crippen LogP contribution in [0, 0.1) is 0 Å².